The number of esters is 1. The summed E-state index contributed by atoms with van der Waals surface area (Å²) in [7, 11) is -3.11. The normalized spacial score (nSPS) is 17.9. The van der Waals surface area contributed by atoms with Gasteiger partial charge in [0.15, 0.2) is 5.76 Å². The number of nitrogens with two attached hydrogens (primary N) is 1. The summed E-state index contributed by atoms with van der Waals surface area (Å²) in [5.41, 5.74) is 7.56. The predicted octanol–water partition coefficient (Wildman–Crippen LogP) is 4.14. The molecule has 0 amide bonds. The molecule has 2 heterocycles. The van der Waals surface area contributed by atoms with Crippen LogP contribution in [0.5, 0.6) is 0 Å². The third-order valence-electron chi connectivity index (χ3n) is 6.29. The quantitative estimate of drug-likeness (QED) is 0.516. The number of carbonyl (C=O) groups is 1. The van der Waals surface area contributed by atoms with Crippen LogP contribution in [-0.4, -0.2) is 21.5 Å². The highest BCUT2D eigenvalue weighted by molar-refractivity contribution is 7.96. The van der Waals surface area contributed by atoms with Crippen molar-refractivity contribution in [3.05, 3.63) is 117 Å². The van der Waals surface area contributed by atoms with Gasteiger partial charge < -0.3 is 15.2 Å². The van der Waals surface area contributed by atoms with E-state index in [1.165, 1.54) is 49.6 Å². The Morgan fingerprint density at radius 1 is 1.11 bits per heavy atom. The van der Waals surface area contributed by atoms with Gasteiger partial charge in [0.25, 0.3) is 10.0 Å². The number of hydrogen-bond acceptors (Lipinski definition) is 7. The number of para-hydroxylation sites is 1. The zero-order chi connectivity index (χ0) is 26.3. The first-order valence-electron chi connectivity index (χ1n) is 11.1. The molecule has 1 atom stereocenters. The molecule has 0 unspecified atom stereocenters. The first-order valence-corrected chi connectivity index (χ1v) is 12.6. The Kier molecular flexibility index (Phi) is 5.93. The summed E-state index contributed by atoms with van der Waals surface area (Å²) in [6.45, 7) is -0.280. The van der Waals surface area contributed by atoms with Gasteiger partial charge in [-0.15, -0.1) is 0 Å². The van der Waals surface area contributed by atoms with E-state index < -0.39 is 27.7 Å². The SMILES string of the molecule is COC(=O)c1ccc([C@H]2C(C#N)=C(N)OC3=C2S(=O)(=O)N(Cc2ccccc2F)c2ccccc23)cc1. The molecule has 0 aromatic heterocycles. The molecule has 2 aliphatic rings. The molecule has 3 aromatic rings. The molecule has 10 heteroatoms. The highest BCUT2D eigenvalue weighted by Gasteiger charge is 2.47. The predicted molar refractivity (Wildman–Crippen MR) is 133 cm³/mol. The Bertz CT molecular complexity index is 1640. The number of allylic oxidation sites excluding steroid dienone is 2. The third kappa shape index (κ3) is 3.90. The molecule has 8 nitrogen and oxygen atoms in total. The van der Waals surface area contributed by atoms with Gasteiger partial charge in [-0.2, -0.15) is 5.26 Å². The van der Waals surface area contributed by atoms with Crippen LogP contribution < -0.4 is 10.0 Å². The van der Waals surface area contributed by atoms with Crippen LogP contribution in [0.15, 0.2) is 89.2 Å². The molecule has 2 N–H and O–H groups in total. The van der Waals surface area contributed by atoms with Gasteiger partial charge in [0, 0.05) is 11.1 Å². The van der Waals surface area contributed by atoms with Crippen molar-refractivity contribution in [2.24, 2.45) is 5.73 Å². The largest absolute Gasteiger partial charge is 0.465 e. The van der Waals surface area contributed by atoms with Crippen LogP contribution >= 0.6 is 0 Å². The van der Waals surface area contributed by atoms with Gasteiger partial charge in [0.1, 0.15) is 22.4 Å². The third-order valence-corrected chi connectivity index (χ3v) is 8.18. The number of rotatable bonds is 4. The highest BCUT2D eigenvalue weighted by atomic mass is 32.2. The number of ether oxygens (including phenoxy) is 2. The first kappa shape index (κ1) is 24.1. The molecule has 5 rings (SSSR count). The second kappa shape index (κ2) is 9.11. The highest BCUT2D eigenvalue weighted by Crippen LogP contribution is 2.51. The maximum Gasteiger partial charge on any atom is 0.337 e. The van der Waals surface area contributed by atoms with Crippen LogP contribution in [0.3, 0.4) is 0 Å². The Morgan fingerprint density at radius 2 is 1.78 bits per heavy atom. The van der Waals surface area contributed by atoms with E-state index in [-0.39, 0.29) is 45.5 Å². The fraction of sp³-hybridized carbons (Fsp3) is 0.111. The van der Waals surface area contributed by atoms with Gasteiger partial charge in [-0.05, 0) is 35.9 Å². The minimum absolute atomic E-state index is 0.000993. The average molecular weight is 518 g/mol. The van der Waals surface area contributed by atoms with E-state index in [1.807, 2.05) is 6.07 Å². The number of methoxy groups -OCH3 is 1. The maximum atomic E-state index is 14.6. The molecular formula is C27H20FN3O5S. The van der Waals surface area contributed by atoms with Gasteiger partial charge in [-0.25, -0.2) is 17.6 Å². The minimum atomic E-state index is -4.36. The molecule has 0 saturated heterocycles. The number of sulfonamides is 1. The minimum Gasteiger partial charge on any atom is -0.465 e. The lowest BCUT2D eigenvalue weighted by Gasteiger charge is -2.38. The zero-order valence-electron chi connectivity index (χ0n) is 19.5. The first-order chi connectivity index (χ1) is 17.8. The lowest BCUT2D eigenvalue weighted by atomic mass is 9.88. The van der Waals surface area contributed by atoms with Crippen LogP contribution in [0.2, 0.25) is 0 Å². The standard InChI is InChI=1S/C27H20FN3O5S/c1-35-27(32)17-12-10-16(11-13-17)23-20(14-29)26(30)36-24-19-7-3-5-9-22(19)31(37(33,34)25(23)24)15-18-6-2-4-8-21(18)28/h2-13,23H,15,30H2,1H3/t23-/m0/s1. The van der Waals surface area contributed by atoms with Crippen molar-refractivity contribution in [1.82, 2.24) is 0 Å². The van der Waals surface area contributed by atoms with Crippen molar-refractivity contribution in [3.63, 3.8) is 0 Å². The number of carbonyl (C=O) groups excluding carboxylic acids is 1. The van der Waals surface area contributed by atoms with Crippen LogP contribution in [0.25, 0.3) is 5.76 Å². The van der Waals surface area contributed by atoms with Crippen molar-refractivity contribution < 1.29 is 27.1 Å². The second-order valence-corrected chi connectivity index (χ2v) is 10.2. The molecule has 3 aromatic carbocycles. The monoisotopic (exact) mass is 517 g/mol. The average Bonchev–Trinajstić information content (AvgIpc) is 2.91. The van der Waals surface area contributed by atoms with Gasteiger partial charge in [-0.1, -0.05) is 42.5 Å². The number of hydrogen-bond donors (Lipinski definition) is 1. The topological polar surface area (TPSA) is 123 Å². The maximum absolute atomic E-state index is 14.6. The second-order valence-electron chi connectivity index (χ2n) is 8.35. The number of anilines is 1. The van der Waals surface area contributed by atoms with Gasteiger partial charge in [0.2, 0.25) is 5.88 Å². The lowest BCUT2D eigenvalue weighted by Crippen LogP contribution is -2.39. The zero-order valence-corrected chi connectivity index (χ0v) is 20.3. The molecule has 0 bridgehead atoms. The summed E-state index contributed by atoms with van der Waals surface area (Å²) >= 11 is 0. The smallest absolute Gasteiger partial charge is 0.337 e. The van der Waals surface area contributed by atoms with Gasteiger partial charge in [-0.3, -0.25) is 4.31 Å². The Labute approximate surface area is 212 Å². The van der Waals surface area contributed by atoms with Crippen molar-refractivity contribution in [1.29, 1.82) is 5.26 Å². The van der Waals surface area contributed by atoms with Crippen LogP contribution in [-0.2, 0) is 26.0 Å². The summed E-state index contributed by atoms with van der Waals surface area (Å²) < 4.78 is 54.6. The fourth-order valence-electron chi connectivity index (χ4n) is 4.52. The van der Waals surface area contributed by atoms with E-state index in [0.717, 1.165) is 4.31 Å². The fourth-order valence-corrected chi connectivity index (χ4v) is 6.43. The van der Waals surface area contributed by atoms with E-state index in [4.69, 9.17) is 15.2 Å². The molecule has 0 radical (unpaired) electrons. The van der Waals surface area contributed by atoms with Gasteiger partial charge >= 0.3 is 5.97 Å². The van der Waals surface area contributed by atoms with Crippen molar-refractivity contribution in [2.45, 2.75) is 12.5 Å². The molecule has 0 saturated carbocycles. The lowest BCUT2D eigenvalue weighted by molar-refractivity contribution is 0.0600. The Balaban J connectivity index is 1.73. The Morgan fingerprint density at radius 3 is 2.46 bits per heavy atom. The molecule has 186 valence electrons. The summed E-state index contributed by atoms with van der Waals surface area (Å²) in [6.07, 6.45) is 0. The molecule has 0 aliphatic carbocycles. The Hall–Kier alpha value is -4.62. The van der Waals surface area contributed by atoms with Crippen molar-refractivity contribution >= 4 is 27.4 Å². The summed E-state index contributed by atoms with van der Waals surface area (Å²) in [6, 6.07) is 20.6. The van der Waals surface area contributed by atoms with E-state index in [9.17, 15) is 22.9 Å². The summed E-state index contributed by atoms with van der Waals surface area (Å²) in [5.74, 6) is -2.47. The van der Waals surface area contributed by atoms with Crippen LogP contribution in [0, 0.1) is 17.1 Å². The van der Waals surface area contributed by atoms with E-state index >= 15 is 0 Å². The van der Waals surface area contributed by atoms with E-state index in [2.05, 4.69) is 0 Å². The van der Waals surface area contributed by atoms with Crippen LogP contribution in [0.4, 0.5) is 10.1 Å². The van der Waals surface area contributed by atoms with Gasteiger partial charge in [0.05, 0.1) is 30.8 Å². The van der Waals surface area contributed by atoms with Crippen molar-refractivity contribution in [2.75, 3.05) is 11.4 Å². The van der Waals surface area contributed by atoms with Crippen LogP contribution in [0.1, 0.15) is 33.0 Å². The number of nitriles is 1. The summed E-state index contributed by atoms with van der Waals surface area (Å²) in [4.78, 5) is 11.7. The molecule has 2 aliphatic heterocycles. The van der Waals surface area contributed by atoms with Crippen molar-refractivity contribution in [3.8, 4) is 6.07 Å². The molecule has 0 fully saturated rings. The number of fused-ring (bicyclic) bond motifs is 2. The molecular weight excluding hydrogens is 497 g/mol. The molecule has 0 spiro atoms. The number of nitrogens with zero attached hydrogens (tertiary/aromatic N) is 2. The van der Waals surface area contributed by atoms with E-state index in [1.54, 1.807) is 30.3 Å². The number of benzene rings is 3. The van der Waals surface area contributed by atoms with E-state index in [0.29, 0.717) is 11.1 Å². The molecule has 37 heavy (non-hydrogen) atoms. The summed E-state index contributed by atoms with van der Waals surface area (Å²) in [5, 5.41) is 9.94. The number of halogens is 1.